The van der Waals surface area contributed by atoms with Crippen LogP contribution < -0.4 is 4.74 Å². The third-order valence-electron chi connectivity index (χ3n) is 2.02. The molecular weight excluding hydrogens is 253 g/mol. The van der Waals surface area contributed by atoms with Crippen molar-refractivity contribution in [1.29, 1.82) is 0 Å². The van der Waals surface area contributed by atoms with Crippen LogP contribution in [0.25, 0.3) is 0 Å². The predicted octanol–water partition coefficient (Wildman–Crippen LogP) is 4.71. The number of hydrogen-bond acceptors (Lipinski definition) is 1. The quantitative estimate of drug-likeness (QED) is 0.718. The fraction of sp³-hybridized carbons (Fsp3) is 0.500. The molecule has 1 atom stereocenters. The number of alkyl halides is 4. The van der Waals surface area contributed by atoms with Gasteiger partial charge >= 0.3 is 6.18 Å². The van der Waals surface area contributed by atoms with Crippen LogP contribution in [0, 0.1) is 0 Å². The second-order valence-corrected chi connectivity index (χ2v) is 4.55. The van der Waals surface area contributed by atoms with Crippen molar-refractivity contribution in [3.8, 4) is 5.75 Å². The van der Waals surface area contributed by atoms with Crippen LogP contribution in [-0.2, 0) is 0 Å². The van der Waals surface area contributed by atoms with Gasteiger partial charge in [0.2, 0.25) is 0 Å². The molecule has 1 nitrogen and oxygen atoms in total. The maximum Gasteiger partial charge on any atom is 0.390 e. The average molecular weight is 267 g/mol. The topological polar surface area (TPSA) is 9.23 Å². The van der Waals surface area contributed by atoms with Gasteiger partial charge in [-0.15, -0.1) is 11.6 Å². The molecule has 0 saturated heterocycles. The standard InChI is InChI=1S/C12H14ClF3O/c1-8(2)17-10-5-3-9(4-6-10)11(13)7-12(14,15)16/h3-6,8,11H,7H2,1-2H3. The minimum absolute atomic E-state index is 0.0304. The summed E-state index contributed by atoms with van der Waals surface area (Å²) in [5.41, 5.74) is 0.445. The van der Waals surface area contributed by atoms with Crippen molar-refractivity contribution in [3.63, 3.8) is 0 Å². The van der Waals surface area contributed by atoms with E-state index in [4.69, 9.17) is 16.3 Å². The normalized spacial score (nSPS) is 13.8. The van der Waals surface area contributed by atoms with Gasteiger partial charge in [0.05, 0.1) is 17.9 Å². The molecule has 0 aromatic heterocycles. The molecule has 96 valence electrons. The Morgan fingerprint density at radius 1 is 1.18 bits per heavy atom. The van der Waals surface area contributed by atoms with Crippen LogP contribution in [0.1, 0.15) is 31.2 Å². The maximum absolute atomic E-state index is 12.1. The van der Waals surface area contributed by atoms with Crippen molar-refractivity contribution in [2.24, 2.45) is 0 Å². The first-order valence-corrected chi connectivity index (χ1v) is 5.69. The zero-order valence-corrected chi connectivity index (χ0v) is 10.3. The van der Waals surface area contributed by atoms with E-state index in [1.54, 1.807) is 24.3 Å². The van der Waals surface area contributed by atoms with Crippen LogP contribution in [0.2, 0.25) is 0 Å². The molecule has 0 amide bonds. The van der Waals surface area contributed by atoms with E-state index >= 15 is 0 Å². The van der Waals surface area contributed by atoms with Gasteiger partial charge in [-0.05, 0) is 31.5 Å². The van der Waals surface area contributed by atoms with Crippen LogP contribution in [0.4, 0.5) is 13.2 Å². The molecule has 0 N–H and O–H groups in total. The van der Waals surface area contributed by atoms with Gasteiger partial charge in [-0.1, -0.05) is 12.1 Å². The number of rotatable bonds is 4. The lowest BCUT2D eigenvalue weighted by atomic mass is 10.1. The molecule has 1 unspecified atom stereocenters. The second kappa shape index (κ2) is 5.63. The number of halogens is 4. The van der Waals surface area contributed by atoms with Crippen LogP contribution in [0.15, 0.2) is 24.3 Å². The van der Waals surface area contributed by atoms with Crippen LogP contribution in [-0.4, -0.2) is 12.3 Å². The van der Waals surface area contributed by atoms with Gasteiger partial charge in [-0.25, -0.2) is 0 Å². The third-order valence-corrected chi connectivity index (χ3v) is 2.43. The smallest absolute Gasteiger partial charge is 0.390 e. The molecule has 0 aliphatic rings. The Balaban J connectivity index is 2.67. The molecule has 0 aliphatic carbocycles. The van der Waals surface area contributed by atoms with Gasteiger partial charge in [-0.3, -0.25) is 0 Å². The predicted molar refractivity (Wildman–Crippen MR) is 61.5 cm³/mol. The fourth-order valence-electron chi connectivity index (χ4n) is 1.35. The highest BCUT2D eigenvalue weighted by atomic mass is 35.5. The summed E-state index contributed by atoms with van der Waals surface area (Å²) in [5.74, 6) is 0.625. The minimum atomic E-state index is -4.25. The zero-order chi connectivity index (χ0) is 13.1. The Morgan fingerprint density at radius 2 is 1.71 bits per heavy atom. The van der Waals surface area contributed by atoms with E-state index in [-0.39, 0.29) is 6.10 Å². The molecule has 17 heavy (non-hydrogen) atoms. The molecule has 0 saturated carbocycles. The molecule has 0 spiro atoms. The van der Waals surface area contributed by atoms with Gasteiger partial charge in [-0.2, -0.15) is 13.2 Å². The summed E-state index contributed by atoms with van der Waals surface area (Å²) >= 11 is 5.69. The third kappa shape index (κ3) is 5.31. The summed E-state index contributed by atoms with van der Waals surface area (Å²) in [5, 5.41) is -1.05. The van der Waals surface area contributed by atoms with E-state index in [2.05, 4.69) is 0 Å². The summed E-state index contributed by atoms with van der Waals surface area (Å²) in [6, 6.07) is 6.37. The average Bonchev–Trinajstić information content (AvgIpc) is 2.15. The van der Waals surface area contributed by atoms with Crippen LogP contribution in [0.5, 0.6) is 5.75 Å². The SMILES string of the molecule is CC(C)Oc1ccc(C(Cl)CC(F)(F)F)cc1. The number of benzene rings is 1. The summed E-state index contributed by atoms with van der Waals surface area (Å²) in [6.45, 7) is 3.75. The van der Waals surface area contributed by atoms with Crippen LogP contribution in [0.3, 0.4) is 0 Å². The number of ether oxygens (including phenoxy) is 1. The van der Waals surface area contributed by atoms with Crippen molar-refractivity contribution in [2.75, 3.05) is 0 Å². The van der Waals surface area contributed by atoms with Crippen molar-refractivity contribution in [3.05, 3.63) is 29.8 Å². The van der Waals surface area contributed by atoms with Gasteiger partial charge in [0, 0.05) is 0 Å². The first-order valence-electron chi connectivity index (χ1n) is 5.25. The molecule has 1 aromatic rings. The highest BCUT2D eigenvalue weighted by Crippen LogP contribution is 2.34. The molecule has 0 fully saturated rings. The Hall–Kier alpha value is -0.900. The lowest BCUT2D eigenvalue weighted by Gasteiger charge is -2.14. The molecule has 5 heteroatoms. The molecule has 1 rings (SSSR count). The summed E-state index contributed by atoms with van der Waals surface area (Å²) in [4.78, 5) is 0. The van der Waals surface area contributed by atoms with E-state index in [1.165, 1.54) is 0 Å². The molecule has 0 bridgehead atoms. The van der Waals surface area contributed by atoms with E-state index in [1.807, 2.05) is 13.8 Å². The van der Waals surface area contributed by atoms with Crippen LogP contribution >= 0.6 is 11.6 Å². The Labute approximate surface area is 104 Å². The van der Waals surface area contributed by atoms with Crippen molar-refractivity contribution in [1.82, 2.24) is 0 Å². The maximum atomic E-state index is 12.1. The summed E-state index contributed by atoms with van der Waals surface area (Å²) < 4.78 is 41.8. The molecule has 0 radical (unpaired) electrons. The zero-order valence-electron chi connectivity index (χ0n) is 9.59. The number of hydrogen-bond donors (Lipinski definition) is 0. The highest BCUT2D eigenvalue weighted by Gasteiger charge is 2.31. The van der Waals surface area contributed by atoms with E-state index in [9.17, 15) is 13.2 Å². The first-order chi connectivity index (χ1) is 7.78. The van der Waals surface area contributed by atoms with Crippen molar-refractivity contribution < 1.29 is 17.9 Å². The largest absolute Gasteiger partial charge is 0.491 e. The molecule has 0 heterocycles. The first kappa shape index (κ1) is 14.2. The van der Waals surface area contributed by atoms with Gasteiger partial charge in [0.25, 0.3) is 0 Å². The molecule has 1 aromatic carbocycles. The van der Waals surface area contributed by atoms with Gasteiger partial charge in [0.1, 0.15) is 5.75 Å². The monoisotopic (exact) mass is 266 g/mol. The lowest BCUT2D eigenvalue weighted by molar-refractivity contribution is -0.134. The van der Waals surface area contributed by atoms with Gasteiger partial charge < -0.3 is 4.74 Å². The Morgan fingerprint density at radius 3 is 2.12 bits per heavy atom. The van der Waals surface area contributed by atoms with Crippen molar-refractivity contribution in [2.45, 2.75) is 37.9 Å². The van der Waals surface area contributed by atoms with E-state index in [0.717, 1.165) is 0 Å². The Kier molecular flexibility index (Phi) is 4.69. The fourth-order valence-corrected chi connectivity index (χ4v) is 1.67. The van der Waals surface area contributed by atoms with E-state index < -0.39 is 18.0 Å². The lowest BCUT2D eigenvalue weighted by Crippen LogP contribution is -2.10. The minimum Gasteiger partial charge on any atom is -0.491 e. The Bertz CT molecular complexity index is 346. The molecular formula is C12H14ClF3O. The highest BCUT2D eigenvalue weighted by molar-refractivity contribution is 6.20. The molecule has 0 aliphatic heterocycles. The van der Waals surface area contributed by atoms with Gasteiger partial charge in [0.15, 0.2) is 0 Å². The van der Waals surface area contributed by atoms with Crippen molar-refractivity contribution >= 4 is 11.6 Å². The summed E-state index contributed by atoms with van der Waals surface area (Å²) in [6.07, 6.45) is -5.25. The van der Waals surface area contributed by atoms with E-state index in [0.29, 0.717) is 11.3 Å². The summed E-state index contributed by atoms with van der Waals surface area (Å²) in [7, 11) is 0. The second-order valence-electron chi connectivity index (χ2n) is 4.02.